The van der Waals surface area contributed by atoms with E-state index in [0.29, 0.717) is 12.1 Å². The minimum Gasteiger partial charge on any atom is -0.456 e. The van der Waals surface area contributed by atoms with E-state index in [1.54, 1.807) is 24.3 Å². The summed E-state index contributed by atoms with van der Waals surface area (Å²) in [6.07, 6.45) is 0. The lowest BCUT2D eigenvalue weighted by atomic mass is 10.2. The highest BCUT2D eigenvalue weighted by molar-refractivity contribution is 5.89. The number of nitrogens with one attached hydrogen (secondary N) is 1. The van der Waals surface area contributed by atoms with E-state index in [1.807, 2.05) is 6.07 Å². The van der Waals surface area contributed by atoms with Crippen LogP contribution < -0.4 is 11.1 Å². The third-order valence-corrected chi connectivity index (χ3v) is 1.72. The predicted molar refractivity (Wildman–Crippen MR) is 65.8 cm³/mol. The van der Waals surface area contributed by atoms with Gasteiger partial charge in [0.25, 0.3) is 5.96 Å². The Kier molecular flexibility index (Phi) is 8.04. The molecule has 0 unspecified atom stereocenters. The Hall–Kier alpha value is -2.68. The highest BCUT2D eigenvalue weighted by atomic mass is 16.9. The number of ether oxygens (including phenoxy) is 1. The van der Waals surface area contributed by atoms with Crippen molar-refractivity contribution in [3.05, 3.63) is 51.2 Å². The van der Waals surface area contributed by atoms with Crippen LogP contribution in [0, 0.1) is 20.7 Å². The molecule has 0 heterocycles. The van der Waals surface area contributed by atoms with Crippen LogP contribution in [0.5, 0.6) is 0 Å². The van der Waals surface area contributed by atoms with E-state index in [1.165, 1.54) is 5.32 Å². The molecular weight excluding hydrogens is 256 g/mol. The monoisotopic (exact) mass is 270 g/mol. The summed E-state index contributed by atoms with van der Waals surface area (Å²) >= 11 is 0. The molecule has 9 nitrogen and oxygen atoms in total. The molecule has 9 heteroatoms. The summed E-state index contributed by atoms with van der Waals surface area (Å²) in [6, 6.07) is 8.77. The van der Waals surface area contributed by atoms with Gasteiger partial charge in [-0.3, -0.25) is 5.32 Å². The third-order valence-electron chi connectivity index (χ3n) is 1.72. The first-order valence-electron chi connectivity index (χ1n) is 5.14. The summed E-state index contributed by atoms with van der Waals surface area (Å²) in [7, 11) is 0. The van der Waals surface area contributed by atoms with E-state index >= 15 is 0 Å². The molecular formula is C10H14N4O5. The second-order valence-corrected chi connectivity index (χ2v) is 3.17. The van der Waals surface area contributed by atoms with Crippen molar-refractivity contribution in [3.63, 3.8) is 0 Å². The Balaban J connectivity index is 0.000000711. The number of benzene rings is 1. The zero-order valence-electron chi connectivity index (χ0n) is 9.94. The molecule has 0 bridgehead atoms. The number of hydrogen-bond donors (Lipinski definition) is 3. The Bertz CT molecular complexity index is 419. The van der Waals surface area contributed by atoms with Crippen molar-refractivity contribution in [2.45, 2.75) is 0 Å². The van der Waals surface area contributed by atoms with Crippen molar-refractivity contribution >= 4 is 11.9 Å². The Labute approximate surface area is 108 Å². The maximum absolute atomic E-state index is 11.4. The summed E-state index contributed by atoms with van der Waals surface area (Å²) in [5.74, 6) is -0.363. The van der Waals surface area contributed by atoms with Crippen molar-refractivity contribution in [2.24, 2.45) is 5.73 Å². The second-order valence-electron chi connectivity index (χ2n) is 3.17. The van der Waals surface area contributed by atoms with Gasteiger partial charge in [0, 0.05) is 0 Å². The Morgan fingerprint density at radius 1 is 1.37 bits per heavy atom. The fourth-order valence-corrected chi connectivity index (χ4v) is 1.02. The summed E-state index contributed by atoms with van der Waals surface area (Å²) in [6.45, 7) is 0.710. The fourth-order valence-electron chi connectivity index (χ4n) is 1.02. The summed E-state index contributed by atoms with van der Waals surface area (Å²) < 4.78 is 4.96. The number of esters is 1. The summed E-state index contributed by atoms with van der Waals surface area (Å²) in [5.41, 5.74) is 5.64. The maximum Gasteiger partial charge on any atom is 0.338 e. The van der Waals surface area contributed by atoms with Crippen molar-refractivity contribution < 1.29 is 19.9 Å². The number of nitrogens with zero attached hydrogens (tertiary/aromatic N) is 1. The lowest BCUT2D eigenvalue weighted by molar-refractivity contribution is -0.544. The lowest BCUT2D eigenvalue weighted by Crippen LogP contribution is -2.91. The fraction of sp³-hybridized carbons (Fsp3) is 0.200. The van der Waals surface area contributed by atoms with Crippen LogP contribution in [0.15, 0.2) is 30.3 Å². The highest BCUT2D eigenvalue weighted by Gasteiger charge is 2.05. The summed E-state index contributed by atoms with van der Waals surface area (Å²) in [5, 5.41) is 23.2. The molecule has 0 atom stereocenters. The number of rotatable bonds is 4. The quantitative estimate of drug-likeness (QED) is 0.160. The number of carbonyl (C=O) groups excluding carboxylic acids is 1. The molecule has 1 aromatic rings. The molecule has 5 N–H and O–H groups in total. The number of nitrogens with two attached hydrogens (primary N) is 2. The molecule has 0 saturated heterocycles. The van der Waals surface area contributed by atoms with E-state index < -0.39 is 5.09 Å². The van der Waals surface area contributed by atoms with Crippen LogP contribution in [0.4, 0.5) is 0 Å². The molecule has 1 rings (SSSR count). The smallest absolute Gasteiger partial charge is 0.338 e. The van der Waals surface area contributed by atoms with Gasteiger partial charge in [-0.25, -0.2) is 10.2 Å². The van der Waals surface area contributed by atoms with Gasteiger partial charge in [0.1, 0.15) is 13.2 Å². The molecule has 104 valence electrons. The molecule has 0 fully saturated rings. The van der Waals surface area contributed by atoms with Crippen LogP contribution in [-0.4, -0.2) is 30.2 Å². The minimum absolute atomic E-state index is 0.00856. The minimum atomic E-state index is -1.75. The third kappa shape index (κ3) is 10.2. The normalized spacial score (nSPS) is 8.84. The van der Waals surface area contributed by atoms with Gasteiger partial charge in [-0.1, -0.05) is 18.2 Å². The molecule has 0 aliphatic carbocycles. The lowest BCUT2D eigenvalue weighted by Gasteiger charge is -2.02. The van der Waals surface area contributed by atoms with Crippen LogP contribution in [0.2, 0.25) is 0 Å². The van der Waals surface area contributed by atoms with Crippen molar-refractivity contribution in [1.82, 2.24) is 0 Å². The maximum atomic E-state index is 11.4. The van der Waals surface area contributed by atoms with Gasteiger partial charge >= 0.3 is 5.97 Å². The van der Waals surface area contributed by atoms with E-state index in [4.69, 9.17) is 31.2 Å². The van der Waals surface area contributed by atoms with Crippen molar-refractivity contribution in [1.29, 1.82) is 5.41 Å². The number of quaternary nitrogens is 1. The van der Waals surface area contributed by atoms with Crippen molar-refractivity contribution in [3.8, 4) is 0 Å². The molecule has 0 amide bonds. The molecule has 1 aromatic carbocycles. The first-order chi connectivity index (χ1) is 8.93. The number of carbonyl (C=O) groups is 1. The van der Waals surface area contributed by atoms with Gasteiger partial charge in [-0.05, 0) is 12.1 Å². The molecule has 0 saturated carbocycles. The van der Waals surface area contributed by atoms with E-state index in [0.717, 1.165) is 0 Å². The molecule has 0 radical (unpaired) electrons. The van der Waals surface area contributed by atoms with Crippen LogP contribution in [0.1, 0.15) is 10.4 Å². The second kappa shape index (κ2) is 9.36. The van der Waals surface area contributed by atoms with Gasteiger partial charge < -0.3 is 25.8 Å². The van der Waals surface area contributed by atoms with E-state index in [9.17, 15) is 4.79 Å². The van der Waals surface area contributed by atoms with Gasteiger partial charge in [0.15, 0.2) is 0 Å². The zero-order chi connectivity index (χ0) is 14.7. The molecule has 0 aliphatic heterocycles. The standard InChI is InChI=1S/C10H13N3O2.NO3/c11-10(12)13-6-7-15-9(14)8-4-2-1-3-5-8;2-1(3)4/h1-5H,6-7H2,(H4,11,12,13);/q;-1/p+1. The molecule has 19 heavy (non-hydrogen) atoms. The van der Waals surface area contributed by atoms with Crippen LogP contribution in [-0.2, 0) is 4.74 Å². The van der Waals surface area contributed by atoms with Crippen LogP contribution in [0.25, 0.3) is 0 Å². The van der Waals surface area contributed by atoms with E-state index in [-0.39, 0.29) is 18.5 Å². The highest BCUT2D eigenvalue weighted by Crippen LogP contribution is 1.99. The van der Waals surface area contributed by atoms with Gasteiger partial charge in [0.2, 0.25) is 0 Å². The molecule has 0 aromatic heterocycles. The molecule has 0 spiro atoms. The average Bonchev–Trinajstić information content (AvgIpc) is 2.34. The van der Waals surface area contributed by atoms with Crippen LogP contribution >= 0.6 is 0 Å². The number of hydrogen-bond acceptors (Lipinski definition) is 6. The molecule has 0 aliphatic rings. The van der Waals surface area contributed by atoms with Gasteiger partial charge in [0.05, 0.1) is 10.7 Å². The SMILES string of the molecule is N=C(N)[NH2+]CCOC(=O)c1ccccc1.O=[N+]([O-])[O-]. The topological polar surface area (TPSA) is 159 Å². The van der Waals surface area contributed by atoms with Crippen molar-refractivity contribution in [2.75, 3.05) is 13.2 Å². The predicted octanol–water partition coefficient (Wildman–Crippen LogP) is -0.939. The number of guanidine groups is 1. The largest absolute Gasteiger partial charge is 0.456 e. The average molecular weight is 270 g/mol. The first-order valence-corrected chi connectivity index (χ1v) is 5.14. The summed E-state index contributed by atoms with van der Waals surface area (Å²) in [4.78, 5) is 19.6. The van der Waals surface area contributed by atoms with E-state index in [2.05, 4.69) is 0 Å². The Morgan fingerprint density at radius 3 is 2.37 bits per heavy atom. The Morgan fingerprint density at radius 2 is 1.89 bits per heavy atom. The zero-order valence-corrected chi connectivity index (χ0v) is 9.94. The van der Waals surface area contributed by atoms with Crippen LogP contribution in [0.3, 0.4) is 0 Å². The van der Waals surface area contributed by atoms with Gasteiger partial charge in [-0.2, -0.15) is 0 Å². The first kappa shape index (κ1) is 16.3. The van der Waals surface area contributed by atoms with Gasteiger partial charge in [-0.15, -0.1) is 0 Å².